The highest BCUT2D eigenvalue weighted by Gasteiger charge is 2.05. The summed E-state index contributed by atoms with van der Waals surface area (Å²) in [6, 6.07) is 7.01. The van der Waals surface area contributed by atoms with Crippen LogP contribution in [0.1, 0.15) is 35.5 Å². The van der Waals surface area contributed by atoms with E-state index in [4.69, 9.17) is 9.15 Å². The monoisotopic (exact) mass is 246 g/mol. The van der Waals surface area contributed by atoms with Gasteiger partial charge in [-0.15, -0.1) is 10.2 Å². The van der Waals surface area contributed by atoms with Crippen LogP contribution in [0, 0.1) is 6.92 Å². The SMILES string of the molecule is CCC(=O)c1ccc(OCc2nnc(C)o2)cc1. The van der Waals surface area contributed by atoms with Crippen molar-refractivity contribution in [1.82, 2.24) is 10.2 Å². The van der Waals surface area contributed by atoms with Gasteiger partial charge in [0.05, 0.1) is 0 Å². The van der Waals surface area contributed by atoms with Gasteiger partial charge in [-0.25, -0.2) is 0 Å². The Morgan fingerprint density at radius 2 is 2.00 bits per heavy atom. The molecular formula is C13H14N2O3. The molecule has 0 fully saturated rings. The van der Waals surface area contributed by atoms with Gasteiger partial charge in [-0.05, 0) is 24.3 Å². The van der Waals surface area contributed by atoms with Crippen molar-refractivity contribution in [3.8, 4) is 5.75 Å². The van der Waals surface area contributed by atoms with Gasteiger partial charge in [0.15, 0.2) is 12.4 Å². The molecule has 0 saturated carbocycles. The Hall–Kier alpha value is -2.17. The molecule has 18 heavy (non-hydrogen) atoms. The van der Waals surface area contributed by atoms with Gasteiger partial charge in [0.1, 0.15) is 5.75 Å². The molecule has 2 rings (SSSR count). The first-order valence-corrected chi connectivity index (χ1v) is 5.74. The van der Waals surface area contributed by atoms with Gasteiger partial charge < -0.3 is 9.15 Å². The number of hydrogen-bond acceptors (Lipinski definition) is 5. The third-order valence-electron chi connectivity index (χ3n) is 2.43. The van der Waals surface area contributed by atoms with E-state index in [2.05, 4.69) is 10.2 Å². The molecule has 0 spiro atoms. The van der Waals surface area contributed by atoms with Crippen molar-refractivity contribution in [1.29, 1.82) is 0 Å². The van der Waals surface area contributed by atoms with Gasteiger partial charge in [-0.3, -0.25) is 4.79 Å². The quantitative estimate of drug-likeness (QED) is 0.758. The molecule has 5 heteroatoms. The second kappa shape index (κ2) is 5.44. The summed E-state index contributed by atoms with van der Waals surface area (Å²) >= 11 is 0. The number of carbonyl (C=O) groups excluding carboxylic acids is 1. The molecule has 94 valence electrons. The number of ketones is 1. The number of Topliss-reactive ketones (excluding diaryl/α,β-unsaturated/α-hetero) is 1. The molecule has 0 atom stereocenters. The van der Waals surface area contributed by atoms with Crippen molar-refractivity contribution in [2.24, 2.45) is 0 Å². The predicted octanol–water partition coefficient (Wildman–Crippen LogP) is 2.55. The van der Waals surface area contributed by atoms with Crippen molar-refractivity contribution in [2.75, 3.05) is 0 Å². The highest BCUT2D eigenvalue weighted by molar-refractivity contribution is 5.95. The molecule has 2 aromatic rings. The van der Waals surface area contributed by atoms with Crippen molar-refractivity contribution in [3.05, 3.63) is 41.6 Å². The van der Waals surface area contributed by atoms with Crippen molar-refractivity contribution < 1.29 is 13.9 Å². The summed E-state index contributed by atoms with van der Waals surface area (Å²) in [6.07, 6.45) is 0.501. The maximum Gasteiger partial charge on any atom is 0.253 e. The zero-order valence-corrected chi connectivity index (χ0v) is 10.3. The van der Waals surface area contributed by atoms with E-state index < -0.39 is 0 Å². The van der Waals surface area contributed by atoms with Crippen molar-refractivity contribution in [3.63, 3.8) is 0 Å². The van der Waals surface area contributed by atoms with Gasteiger partial charge >= 0.3 is 0 Å². The van der Waals surface area contributed by atoms with E-state index in [9.17, 15) is 4.79 Å². The lowest BCUT2D eigenvalue weighted by molar-refractivity contribution is 0.0988. The lowest BCUT2D eigenvalue weighted by Crippen LogP contribution is -1.98. The Morgan fingerprint density at radius 1 is 1.28 bits per heavy atom. The molecule has 0 aliphatic carbocycles. The highest BCUT2D eigenvalue weighted by atomic mass is 16.5. The number of ether oxygens (including phenoxy) is 1. The zero-order chi connectivity index (χ0) is 13.0. The van der Waals surface area contributed by atoms with Crippen LogP contribution in [0.4, 0.5) is 0 Å². The minimum atomic E-state index is 0.120. The lowest BCUT2D eigenvalue weighted by Gasteiger charge is -2.04. The second-order valence-corrected chi connectivity index (χ2v) is 3.80. The Morgan fingerprint density at radius 3 is 2.56 bits per heavy atom. The van der Waals surface area contributed by atoms with E-state index in [1.807, 2.05) is 6.92 Å². The Labute approximate surface area is 105 Å². The van der Waals surface area contributed by atoms with E-state index in [-0.39, 0.29) is 12.4 Å². The standard InChI is InChI=1S/C13H14N2O3/c1-3-12(16)10-4-6-11(7-5-10)17-8-13-15-14-9(2)18-13/h4-7H,3,8H2,1-2H3. The molecule has 1 heterocycles. The van der Waals surface area contributed by atoms with Crippen LogP contribution in [0.25, 0.3) is 0 Å². The molecule has 0 bridgehead atoms. The Balaban J connectivity index is 1.96. The zero-order valence-electron chi connectivity index (χ0n) is 10.3. The van der Waals surface area contributed by atoms with Crippen LogP contribution in [0.5, 0.6) is 5.75 Å². The van der Waals surface area contributed by atoms with E-state index in [0.29, 0.717) is 29.5 Å². The second-order valence-electron chi connectivity index (χ2n) is 3.80. The first-order valence-electron chi connectivity index (χ1n) is 5.74. The third kappa shape index (κ3) is 2.94. The predicted molar refractivity (Wildman–Crippen MR) is 64.4 cm³/mol. The first kappa shape index (κ1) is 12.3. The average Bonchev–Trinajstić information content (AvgIpc) is 2.82. The summed E-state index contributed by atoms with van der Waals surface area (Å²) in [5, 5.41) is 7.53. The van der Waals surface area contributed by atoms with Gasteiger partial charge in [0.2, 0.25) is 5.89 Å². The molecule has 1 aromatic heterocycles. The fourth-order valence-corrected chi connectivity index (χ4v) is 1.48. The summed E-state index contributed by atoms with van der Waals surface area (Å²) < 4.78 is 10.6. The number of hydrogen-bond donors (Lipinski definition) is 0. The van der Waals surface area contributed by atoms with Crippen LogP contribution in [0.15, 0.2) is 28.7 Å². The van der Waals surface area contributed by atoms with E-state index in [1.165, 1.54) is 0 Å². The highest BCUT2D eigenvalue weighted by Crippen LogP contribution is 2.14. The van der Waals surface area contributed by atoms with Crippen molar-refractivity contribution in [2.45, 2.75) is 26.9 Å². The van der Waals surface area contributed by atoms with E-state index in [1.54, 1.807) is 31.2 Å². The van der Waals surface area contributed by atoms with Crippen LogP contribution in [-0.2, 0) is 6.61 Å². The molecule has 0 unspecified atom stereocenters. The maximum absolute atomic E-state index is 11.4. The number of nitrogens with zero attached hydrogens (tertiary/aromatic N) is 2. The number of rotatable bonds is 5. The molecule has 5 nitrogen and oxygen atoms in total. The molecule has 0 amide bonds. The van der Waals surface area contributed by atoms with Crippen LogP contribution in [0.3, 0.4) is 0 Å². The minimum absolute atomic E-state index is 0.120. The Bertz CT molecular complexity index is 531. The summed E-state index contributed by atoms with van der Waals surface area (Å²) in [5.41, 5.74) is 0.693. The average molecular weight is 246 g/mol. The topological polar surface area (TPSA) is 65.2 Å². The summed E-state index contributed by atoms with van der Waals surface area (Å²) in [6.45, 7) is 3.79. The molecule has 0 N–H and O–H groups in total. The van der Waals surface area contributed by atoms with Crippen LogP contribution < -0.4 is 4.74 Å². The smallest absolute Gasteiger partial charge is 0.253 e. The molecule has 0 saturated heterocycles. The molecule has 1 aromatic carbocycles. The molecule has 0 aliphatic rings. The lowest BCUT2D eigenvalue weighted by atomic mass is 10.1. The van der Waals surface area contributed by atoms with E-state index in [0.717, 1.165) is 0 Å². The Kier molecular flexibility index (Phi) is 3.72. The van der Waals surface area contributed by atoms with Gasteiger partial charge in [-0.2, -0.15) is 0 Å². The molecular weight excluding hydrogens is 232 g/mol. The minimum Gasteiger partial charge on any atom is -0.484 e. The van der Waals surface area contributed by atoms with Crippen LogP contribution >= 0.6 is 0 Å². The van der Waals surface area contributed by atoms with Crippen LogP contribution in [-0.4, -0.2) is 16.0 Å². The van der Waals surface area contributed by atoms with E-state index >= 15 is 0 Å². The number of carbonyl (C=O) groups is 1. The fourth-order valence-electron chi connectivity index (χ4n) is 1.48. The van der Waals surface area contributed by atoms with Crippen molar-refractivity contribution >= 4 is 5.78 Å². The number of aryl methyl sites for hydroxylation is 1. The summed E-state index contributed by atoms with van der Waals surface area (Å²) in [7, 11) is 0. The summed E-state index contributed by atoms with van der Waals surface area (Å²) in [5.74, 6) is 1.73. The number of benzene rings is 1. The first-order chi connectivity index (χ1) is 8.69. The normalized spacial score (nSPS) is 10.3. The van der Waals surface area contributed by atoms with Gasteiger partial charge in [0.25, 0.3) is 5.89 Å². The largest absolute Gasteiger partial charge is 0.484 e. The molecule has 0 radical (unpaired) electrons. The molecule has 0 aliphatic heterocycles. The van der Waals surface area contributed by atoms with Crippen LogP contribution in [0.2, 0.25) is 0 Å². The number of aromatic nitrogens is 2. The summed E-state index contributed by atoms with van der Waals surface area (Å²) in [4.78, 5) is 11.4. The van der Waals surface area contributed by atoms with Gasteiger partial charge in [-0.1, -0.05) is 6.92 Å². The van der Waals surface area contributed by atoms with Gasteiger partial charge in [0, 0.05) is 18.9 Å². The fraction of sp³-hybridized carbons (Fsp3) is 0.308. The maximum atomic E-state index is 11.4. The third-order valence-corrected chi connectivity index (χ3v) is 2.43.